The molecule has 1 aliphatic carbocycles. The van der Waals surface area contributed by atoms with Crippen molar-refractivity contribution in [2.24, 2.45) is 5.92 Å². The zero-order valence-electron chi connectivity index (χ0n) is 18.4. The van der Waals surface area contributed by atoms with E-state index in [1.54, 1.807) is 14.2 Å². The molecule has 0 radical (unpaired) electrons. The number of benzene rings is 2. The second-order valence-corrected chi connectivity index (χ2v) is 8.57. The Bertz CT molecular complexity index is 923. The molecular formula is C25H32N2O3. The van der Waals surface area contributed by atoms with E-state index in [1.165, 1.54) is 22.3 Å². The fraction of sp³-hybridized carbons (Fsp3) is 0.480. The Labute approximate surface area is 179 Å². The molecule has 0 bridgehead atoms. The van der Waals surface area contributed by atoms with E-state index in [1.807, 2.05) is 0 Å². The van der Waals surface area contributed by atoms with Crippen molar-refractivity contribution in [2.45, 2.75) is 51.7 Å². The Balaban J connectivity index is 1.69. The Morgan fingerprint density at radius 1 is 1.17 bits per heavy atom. The molecular weight excluding hydrogens is 376 g/mol. The van der Waals surface area contributed by atoms with Crippen LogP contribution in [0.5, 0.6) is 11.5 Å². The summed E-state index contributed by atoms with van der Waals surface area (Å²) < 4.78 is 11.1. The molecule has 2 aromatic rings. The molecule has 2 aliphatic rings. The molecule has 1 aliphatic heterocycles. The van der Waals surface area contributed by atoms with Gasteiger partial charge in [0.25, 0.3) is 0 Å². The van der Waals surface area contributed by atoms with E-state index in [0.717, 1.165) is 43.9 Å². The van der Waals surface area contributed by atoms with Crippen LogP contribution >= 0.6 is 0 Å². The Kier molecular flexibility index (Phi) is 6.00. The fourth-order valence-electron chi connectivity index (χ4n) is 4.56. The third kappa shape index (κ3) is 4.17. The number of rotatable bonds is 7. The molecule has 5 nitrogen and oxygen atoms in total. The minimum atomic E-state index is -0.000676. The maximum absolute atomic E-state index is 12.5. The number of nitrogens with one attached hydrogen (secondary N) is 1. The SMILES string of the molecule is COc1cc2c(cc1OC)C(C(C)NC(=O)C1CC1)N(Cc1ccccc1C)CC2. The van der Waals surface area contributed by atoms with Crippen LogP contribution in [0.2, 0.25) is 0 Å². The summed E-state index contributed by atoms with van der Waals surface area (Å²) in [6, 6.07) is 12.8. The summed E-state index contributed by atoms with van der Waals surface area (Å²) in [7, 11) is 3.35. The number of nitrogens with zero attached hydrogens (tertiary/aromatic N) is 1. The van der Waals surface area contributed by atoms with E-state index in [9.17, 15) is 4.79 Å². The molecule has 2 aromatic carbocycles. The predicted molar refractivity (Wildman–Crippen MR) is 118 cm³/mol. The lowest BCUT2D eigenvalue weighted by Gasteiger charge is -2.41. The van der Waals surface area contributed by atoms with Gasteiger partial charge in [0.15, 0.2) is 11.5 Å². The maximum atomic E-state index is 12.5. The average Bonchev–Trinajstić information content (AvgIpc) is 3.59. The van der Waals surface area contributed by atoms with Crippen LogP contribution in [-0.4, -0.2) is 37.6 Å². The van der Waals surface area contributed by atoms with E-state index in [0.29, 0.717) is 0 Å². The van der Waals surface area contributed by atoms with Crippen LogP contribution in [0.3, 0.4) is 0 Å². The highest BCUT2D eigenvalue weighted by molar-refractivity contribution is 5.81. The molecule has 2 unspecified atom stereocenters. The normalized spacial score (nSPS) is 19.7. The topological polar surface area (TPSA) is 50.8 Å². The average molecular weight is 409 g/mol. The standard InChI is InChI=1S/C25H32N2O3/c1-16-7-5-6-8-20(16)15-27-12-11-19-13-22(29-3)23(30-4)14-21(19)24(27)17(2)26-25(28)18-9-10-18/h5-8,13-14,17-18,24H,9-12,15H2,1-4H3,(H,26,28). The van der Waals surface area contributed by atoms with Crippen LogP contribution in [0.4, 0.5) is 0 Å². The number of methoxy groups -OCH3 is 2. The molecule has 5 heteroatoms. The van der Waals surface area contributed by atoms with Gasteiger partial charge in [-0.2, -0.15) is 0 Å². The monoisotopic (exact) mass is 408 g/mol. The zero-order valence-corrected chi connectivity index (χ0v) is 18.4. The third-order valence-electron chi connectivity index (χ3n) is 6.45. The number of carbonyl (C=O) groups excluding carboxylic acids is 1. The van der Waals surface area contributed by atoms with Crippen molar-refractivity contribution in [1.29, 1.82) is 0 Å². The summed E-state index contributed by atoms with van der Waals surface area (Å²) in [6.07, 6.45) is 2.97. The van der Waals surface area contributed by atoms with E-state index >= 15 is 0 Å². The van der Waals surface area contributed by atoms with Crippen LogP contribution in [0.25, 0.3) is 0 Å². The predicted octanol–water partition coefficient (Wildman–Crippen LogP) is 4.03. The summed E-state index contributed by atoms with van der Waals surface area (Å²) in [4.78, 5) is 15.0. The maximum Gasteiger partial charge on any atom is 0.223 e. The van der Waals surface area contributed by atoms with Crippen molar-refractivity contribution in [3.8, 4) is 11.5 Å². The zero-order chi connectivity index (χ0) is 21.3. The number of fused-ring (bicyclic) bond motifs is 1. The van der Waals surface area contributed by atoms with Gasteiger partial charge >= 0.3 is 0 Å². The number of carbonyl (C=O) groups is 1. The summed E-state index contributed by atoms with van der Waals surface area (Å²) in [5.74, 6) is 1.88. The molecule has 160 valence electrons. The minimum Gasteiger partial charge on any atom is -0.493 e. The highest BCUT2D eigenvalue weighted by Gasteiger charge is 2.36. The van der Waals surface area contributed by atoms with E-state index in [-0.39, 0.29) is 23.9 Å². The van der Waals surface area contributed by atoms with E-state index in [2.05, 4.69) is 60.5 Å². The van der Waals surface area contributed by atoms with Gasteiger partial charge in [-0.05, 0) is 67.5 Å². The van der Waals surface area contributed by atoms with Gasteiger partial charge in [0.05, 0.1) is 20.3 Å². The molecule has 4 rings (SSSR count). The quantitative estimate of drug-likeness (QED) is 0.752. The van der Waals surface area contributed by atoms with Crippen molar-refractivity contribution in [1.82, 2.24) is 10.2 Å². The molecule has 1 amide bonds. The van der Waals surface area contributed by atoms with Gasteiger partial charge in [0, 0.05) is 25.0 Å². The molecule has 30 heavy (non-hydrogen) atoms. The lowest BCUT2D eigenvalue weighted by molar-refractivity contribution is -0.123. The van der Waals surface area contributed by atoms with Gasteiger partial charge in [-0.3, -0.25) is 9.69 Å². The molecule has 1 fully saturated rings. The van der Waals surface area contributed by atoms with Crippen molar-refractivity contribution >= 4 is 5.91 Å². The van der Waals surface area contributed by atoms with Crippen LogP contribution < -0.4 is 14.8 Å². The summed E-state index contributed by atoms with van der Waals surface area (Å²) in [5, 5.41) is 3.30. The first-order valence-electron chi connectivity index (χ1n) is 10.9. The van der Waals surface area contributed by atoms with Crippen molar-refractivity contribution in [3.63, 3.8) is 0 Å². The van der Waals surface area contributed by atoms with Crippen LogP contribution in [-0.2, 0) is 17.8 Å². The second kappa shape index (κ2) is 8.68. The van der Waals surface area contributed by atoms with Crippen molar-refractivity contribution in [3.05, 3.63) is 58.7 Å². The molecule has 1 N–H and O–H groups in total. The first kappa shape index (κ1) is 20.7. The number of ether oxygens (including phenoxy) is 2. The largest absolute Gasteiger partial charge is 0.493 e. The first-order valence-corrected chi connectivity index (χ1v) is 10.9. The lowest BCUT2D eigenvalue weighted by atomic mass is 9.87. The summed E-state index contributed by atoms with van der Waals surface area (Å²) >= 11 is 0. The van der Waals surface area contributed by atoms with Gasteiger partial charge in [-0.25, -0.2) is 0 Å². The van der Waals surface area contributed by atoms with Crippen LogP contribution in [0, 0.1) is 12.8 Å². The Hall–Kier alpha value is -2.53. The van der Waals surface area contributed by atoms with Gasteiger partial charge < -0.3 is 14.8 Å². The highest BCUT2D eigenvalue weighted by atomic mass is 16.5. The smallest absolute Gasteiger partial charge is 0.223 e. The number of aryl methyl sites for hydroxylation is 1. The molecule has 2 atom stereocenters. The molecule has 1 saturated carbocycles. The van der Waals surface area contributed by atoms with Crippen LogP contribution in [0.1, 0.15) is 48.1 Å². The second-order valence-electron chi connectivity index (χ2n) is 8.57. The Morgan fingerprint density at radius 2 is 1.87 bits per heavy atom. The van der Waals surface area contributed by atoms with Gasteiger partial charge in [0.2, 0.25) is 5.91 Å². The van der Waals surface area contributed by atoms with E-state index < -0.39 is 0 Å². The lowest BCUT2D eigenvalue weighted by Crippen LogP contribution is -2.47. The van der Waals surface area contributed by atoms with Crippen molar-refractivity contribution in [2.75, 3.05) is 20.8 Å². The highest BCUT2D eigenvalue weighted by Crippen LogP contribution is 2.40. The molecule has 1 heterocycles. The number of amides is 1. The minimum absolute atomic E-state index is 0.000676. The first-order chi connectivity index (χ1) is 14.5. The summed E-state index contributed by atoms with van der Waals surface area (Å²) in [5.41, 5.74) is 5.11. The molecule has 0 saturated heterocycles. The third-order valence-corrected chi connectivity index (χ3v) is 6.45. The number of hydrogen-bond donors (Lipinski definition) is 1. The number of hydrogen-bond acceptors (Lipinski definition) is 4. The van der Waals surface area contributed by atoms with Crippen molar-refractivity contribution < 1.29 is 14.3 Å². The van der Waals surface area contributed by atoms with E-state index in [4.69, 9.17) is 9.47 Å². The molecule has 0 spiro atoms. The van der Waals surface area contributed by atoms with Crippen LogP contribution in [0.15, 0.2) is 36.4 Å². The summed E-state index contributed by atoms with van der Waals surface area (Å²) in [6.45, 7) is 6.08. The van der Waals surface area contributed by atoms with Gasteiger partial charge in [-0.15, -0.1) is 0 Å². The molecule has 0 aromatic heterocycles. The fourth-order valence-corrected chi connectivity index (χ4v) is 4.56. The Morgan fingerprint density at radius 3 is 2.53 bits per heavy atom. The van der Waals surface area contributed by atoms with Gasteiger partial charge in [0.1, 0.15) is 0 Å². The van der Waals surface area contributed by atoms with Gasteiger partial charge in [-0.1, -0.05) is 24.3 Å².